The number of hydrogen-bond donors (Lipinski definition) is 2. The molecule has 3 aliphatic rings. The number of alkyl halides is 3. The average Bonchev–Trinajstić information content (AvgIpc) is 3.40. The molecule has 1 saturated carbocycles. The normalized spacial score (nSPS) is 27.2. The van der Waals surface area contributed by atoms with Gasteiger partial charge in [0.15, 0.2) is 0 Å². The summed E-state index contributed by atoms with van der Waals surface area (Å²) in [6.45, 7) is -4.28. The molecule has 0 bridgehead atoms. The van der Waals surface area contributed by atoms with Gasteiger partial charge in [0.2, 0.25) is 5.91 Å². The number of amides is 1. The highest BCUT2D eigenvalue weighted by atomic mass is 35.5. The number of aliphatic hydroxyl groups is 1. The van der Waals surface area contributed by atoms with Crippen LogP contribution in [0, 0.1) is 0 Å². The molecule has 1 spiro atoms. The lowest BCUT2D eigenvalue weighted by atomic mass is 9.73. The molecule has 2 aromatic carbocycles. The van der Waals surface area contributed by atoms with Crippen LogP contribution in [0.1, 0.15) is 55.3 Å². The molecule has 3 heterocycles. The van der Waals surface area contributed by atoms with Crippen LogP contribution in [0.3, 0.4) is 0 Å². The van der Waals surface area contributed by atoms with Crippen molar-refractivity contribution in [3.8, 4) is 5.75 Å². The van der Waals surface area contributed by atoms with Crippen LogP contribution in [0.15, 0.2) is 36.7 Å². The van der Waals surface area contributed by atoms with Crippen LogP contribution in [0.5, 0.6) is 5.75 Å². The van der Waals surface area contributed by atoms with Gasteiger partial charge in [-0.15, -0.1) is 0 Å². The summed E-state index contributed by atoms with van der Waals surface area (Å²) < 4.78 is 83.5. The minimum atomic E-state index is -4.84. The second-order valence-electron chi connectivity index (χ2n) is 10.6. The first kappa shape index (κ1) is 21.1. The van der Waals surface area contributed by atoms with Crippen molar-refractivity contribution in [3.63, 3.8) is 0 Å². The topological polar surface area (TPSA) is 79.6 Å². The van der Waals surface area contributed by atoms with E-state index in [1.54, 1.807) is 25.1 Å². The molecule has 2 aliphatic heterocycles. The van der Waals surface area contributed by atoms with Gasteiger partial charge in [-0.25, -0.2) is 4.98 Å². The van der Waals surface area contributed by atoms with E-state index in [0.717, 1.165) is 6.07 Å². The summed E-state index contributed by atoms with van der Waals surface area (Å²) in [5.41, 5.74) is -1.99. The highest BCUT2D eigenvalue weighted by Gasteiger charge is 2.48. The minimum Gasteiger partial charge on any atom is -0.492 e. The summed E-state index contributed by atoms with van der Waals surface area (Å²) >= 11 is 6.16. The SMILES string of the molecule is [2H]C([2H])(Oc1cc(C(F)(F)F)c2c(c1)ncn2C1CC(C)(O)C1)C([2H])([2H])N1CCC2(CC1)C(=O)Nc1ccc(Cl)cc12. The largest absolute Gasteiger partial charge is 0.492 e. The fourth-order valence-corrected chi connectivity index (χ4v) is 6.05. The number of anilines is 1. The Morgan fingerprint density at radius 2 is 2.00 bits per heavy atom. The monoisotopic (exact) mass is 552 g/mol. The number of aromatic nitrogens is 2. The van der Waals surface area contributed by atoms with Crippen molar-refractivity contribution in [2.45, 2.75) is 55.8 Å². The van der Waals surface area contributed by atoms with Crippen LogP contribution in [0.2, 0.25) is 5.02 Å². The van der Waals surface area contributed by atoms with Crippen LogP contribution in [-0.2, 0) is 16.4 Å². The lowest BCUT2D eigenvalue weighted by Crippen LogP contribution is -2.47. The maximum Gasteiger partial charge on any atom is 0.418 e. The van der Waals surface area contributed by atoms with Crippen LogP contribution < -0.4 is 10.1 Å². The lowest BCUT2D eigenvalue weighted by Gasteiger charge is -2.41. The number of nitrogens with one attached hydrogen (secondary N) is 1. The van der Waals surface area contributed by atoms with Gasteiger partial charge in [-0.2, -0.15) is 13.2 Å². The number of hydrogen-bond acceptors (Lipinski definition) is 5. The molecule has 7 nitrogen and oxygen atoms in total. The Labute approximate surface area is 228 Å². The molecule has 0 radical (unpaired) electrons. The molecule has 3 aromatic rings. The number of carbonyl (C=O) groups is 1. The van der Waals surface area contributed by atoms with Crippen molar-refractivity contribution >= 4 is 34.2 Å². The third-order valence-electron chi connectivity index (χ3n) is 7.86. The molecule has 1 aromatic heterocycles. The van der Waals surface area contributed by atoms with Gasteiger partial charge in [0, 0.05) is 32.1 Å². The van der Waals surface area contributed by atoms with Crippen LogP contribution >= 0.6 is 11.6 Å². The van der Waals surface area contributed by atoms with Crippen molar-refractivity contribution in [3.05, 3.63) is 52.8 Å². The Morgan fingerprint density at radius 3 is 2.68 bits per heavy atom. The molecule has 0 atom stereocenters. The number of halogens is 4. The van der Waals surface area contributed by atoms with E-state index >= 15 is 0 Å². The standard InChI is InChI=1S/C27H28ClF3N4O3/c1-25(37)13-17(14-25)35-15-32-22-12-18(11-20(23(22)35)27(29,30)31)38-9-8-34-6-4-26(5-7-34)19-10-16(28)2-3-21(19)33-24(26)36/h2-3,10-12,15,17,37H,4-9,13-14H2,1H3,(H,33,36)/i8D2,9D2. The number of benzene rings is 2. The van der Waals surface area contributed by atoms with Crippen LogP contribution in [0.25, 0.3) is 11.0 Å². The number of carbonyl (C=O) groups excluding carboxylic acids is 1. The average molecular weight is 553 g/mol. The minimum absolute atomic E-state index is 0.0162. The summed E-state index contributed by atoms with van der Waals surface area (Å²) in [5, 5.41) is 13.4. The molecule has 38 heavy (non-hydrogen) atoms. The zero-order chi connectivity index (χ0) is 30.5. The zero-order valence-electron chi connectivity index (χ0n) is 24.4. The molecular weight excluding hydrogens is 521 g/mol. The lowest BCUT2D eigenvalue weighted by molar-refractivity contribution is -0.136. The van der Waals surface area contributed by atoms with Gasteiger partial charge in [0.25, 0.3) is 0 Å². The van der Waals surface area contributed by atoms with Crippen LogP contribution in [0.4, 0.5) is 18.9 Å². The first-order valence-corrected chi connectivity index (χ1v) is 12.7. The number of fused-ring (bicyclic) bond motifs is 3. The van der Waals surface area contributed by atoms with E-state index in [1.165, 1.54) is 15.8 Å². The number of ether oxygens (including phenoxy) is 1. The van der Waals surface area contributed by atoms with E-state index in [1.807, 2.05) is 0 Å². The van der Waals surface area contributed by atoms with E-state index in [9.17, 15) is 23.1 Å². The smallest absolute Gasteiger partial charge is 0.418 e. The molecule has 2 N–H and O–H groups in total. The molecule has 202 valence electrons. The van der Waals surface area contributed by atoms with Gasteiger partial charge in [-0.1, -0.05) is 11.6 Å². The number of likely N-dealkylation sites (tertiary alicyclic amines) is 1. The quantitative estimate of drug-likeness (QED) is 0.457. The van der Waals surface area contributed by atoms with Crippen LogP contribution in [-0.4, -0.2) is 57.2 Å². The van der Waals surface area contributed by atoms with E-state index < -0.39 is 41.6 Å². The van der Waals surface area contributed by atoms with Crippen molar-refractivity contribution in [2.75, 3.05) is 31.5 Å². The zero-order valence-corrected chi connectivity index (χ0v) is 21.2. The summed E-state index contributed by atoms with van der Waals surface area (Å²) in [6.07, 6.45) is -2.71. The van der Waals surface area contributed by atoms with Gasteiger partial charge in [0.1, 0.15) is 12.3 Å². The predicted molar refractivity (Wildman–Crippen MR) is 137 cm³/mol. The molecule has 0 unspecified atom stereocenters. The van der Waals surface area contributed by atoms with Gasteiger partial charge in [0.05, 0.1) is 36.7 Å². The fraction of sp³-hybridized carbons (Fsp3) is 0.481. The fourth-order valence-electron chi connectivity index (χ4n) is 5.88. The van der Waals surface area contributed by atoms with Crippen molar-refractivity contribution in [1.82, 2.24) is 14.5 Å². The summed E-state index contributed by atoms with van der Waals surface area (Å²) in [5.74, 6) is -0.765. The number of rotatable bonds is 5. The van der Waals surface area contributed by atoms with Gasteiger partial charge in [-0.05, 0) is 75.5 Å². The molecule has 2 fully saturated rings. The van der Waals surface area contributed by atoms with Gasteiger partial charge in [-0.3, -0.25) is 9.69 Å². The Kier molecular flexibility index (Phi) is 4.91. The Hall–Kier alpha value is -2.82. The first-order chi connectivity index (χ1) is 19.4. The van der Waals surface area contributed by atoms with E-state index in [2.05, 4.69) is 10.3 Å². The Balaban J connectivity index is 1.25. The van der Waals surface area contributed by atoms with Crippen molar-refractivity contribution in [2.24, 2.45) is 0 Å². The second-order valence-corrected chi connectivity index (χ2v) is 11.0. The Morgan fingerprint density at radius 1 is 1.26 bits per heavy atom. The second kappa shape index (κ2) is 8.86. The van der Waals surface area contributed by atoms with Crippen molar-refractivity contribution < 1.29 is 33.3 Å². The van der Waals surface area contributed by atoms with Crippen molar-refractivity contribution in [1.29, 1.82) is 0 Å². The molecular formula is C27H28ClF3N4O3. The summed E-state index contributed by atoms with van der Waals surface area (Å²) in [7, 11) is 0. The van der Waals surface area contributed by atoms with E-state index in [-0.39, 0.29) is 61.8 Å². The van der Waals surface area contributed by atoms with E-state index in [0.29, 0.717) is 22.3 Å². The summed E-state index contributed by atoms with van der Waals surface area (Å²) in [4.78, 5) is 18.2. The highest BCUT2D eigenvalue weighted by Crippen LogP contribution is 2.47. The third-order valence-corrected chi connectivity index (χ3v) is 8.10. The molecule has 1 amide bonds. The first-order valence-electron chi connectivity index (χ1n) is 14.3. The molecule has 1 saturated heterocycles. The predicted octanol–water partition coefficient (Wildman–Crippen LogP) is 5.16. The highest BCUT2D eigenvalue weighted by molar-refractivity contribution is 6.31. The third kappa shape index (κ3) is 4.32. The Bertz CT molecular complexity index is 1580. The van der Waals surface area contributed by atoms with E-state index in [4.69, 9.17) is 21.8 Å². The maximum absolute atomic E-state index is 14.2. The molecule has 6 rings (SSSR count). The maximum atomic E-state index is 14.2. The number of imidazole rings is 1. The molecule has 1 aliphatic carbocycles. The molecule has 11 heteroatoms. The number of nitrogens with zero attached hydrogens (tertiary/aromatic N) is 3. The number of piperidine rings is 1. The van der Waals surface area contributed by atoms with Gasteiger partial charge >= 0.3 is 6.18 Å². The summed E-state index contributed by atoms with van der Waals surface area (Å²) in [6, 6.07) is 6.48. The van der Waals surface area contributed by atoms with Gasteiger partial charge < -0.3 is 19.7 Å².